The van der Waals surface area contributed by atoms with E-state index in [2.05, 4.69) is 29.2 Å². The SMILES string of the molecule is CCOC(=O)Cn1nnn(COCCS(C)(C)C)c1=O. The zero-order chi connectivity index (χ0) is 15.2. The van der Waals surface area contributed by atoms with Crippen LogP contribution in [0.2, 0.25) is 0 Å². The summed E-state index contributed by atoms with van der Waals surface area (Å²) in [5.74, 6) is 0.442. The van der Waals surface area contributed by atoms with Gasteiger partial charge in [0.05, 0.1) is 13.2 Å². The molecule has 0 radical (unpaired) electrons. The maximum atomic E-state index is 11.8. The maximum absolute atomic E-state index is 11.8. The van der Waals surface area contributed by atoms with Crippen LogP contribution in [0.5, 0.6) is 0 Å². The van der Waals surface area contributed by atoms with Crippen molar-refractivity contribution < 1.29 is 14.3 Å². The molecule has 9 heteroatoms. The number of nitrogens with zero attached hydrogens (tertiary/aromatic N) is 4. The van der Waals surface area contributed by atoms with Crippen LogP contribution in [0.3, 0.4) is 0 Å². The Labute approximate surface area is 119 Å². The third-order valence-electron chi connectivity index (χ3n) is 2.34. The molecular weight excluding hydrogens is 284 g/mol. The van der Waals surface area contributed by atoms with E-state index < -0.39 is 21.7 Å². The molecule has 1 rings (SSSR count). The summed E-state index contributed by atoms with van der Waals surface area (Å²) < 4.78 is 12.2. The van der Waals surface area contributed by atoms with Crippen molar-refractivity contribution in [2.75, 3.05) is 37.7 Å². The first-order valence-electron chi connectivity index (χ1n) is 6.23. The number of tetrazole rings is 1. The topological polar surface area (TPSA) is 88.2 Å². The molecule has 0 amide bonds. The molecule has 0 saturated heterocycles. The molecule has 0 aliphatic heterocycles. The number of hydrogen-bond acceptors (Lipinski definition) is 6. The van der Waals surface area contributed by atoms with Gasteiger partial charge in [-0.15, -0.1) is 0 Å². The van der Waals surface area contributed by atoms with Gasteiger partial charge in [-0.2, -0.15) is 9.36 Å². The minimum absolute atomic E-state index is 0.0389. The largest absolute Gasteiger partial charge is 0.465 e. The average molecular weight is 306 g/mol. The number of esters is 1. The summed E-state index contributed by atoms with van der Waals surface area (Å²) in [6.45, 7) is 2.33. The number of aromatic nitrogens is 4. The van der Waals surface area contributed by atoms with Crippen LogP contribution >= 0.6 is 10.0 Å². The van der Waals surface area contributed by atoms with Gasteiger partial charge in [-0.05, 0) is 36.1 Å². The molecule has 0 aromatic carbocycles. The van der Waals surface area contributed by atoms with Gasteiger partial charge in [-0.1, -0.05) is 0 Å². The third-order valence-corrected chi connectivity index (χ3v) is 3.73. The lowest BCUT2D eigenvalue weighted by Crippen LogP contribution is -2.29. The Bertz CT molecular complexity index is 491. The van der Waals surface area contributed by atoms with Gasteiger partial charge < -0.3 is 9.47 Å². The van der Waals surface area contributed by atoms with Gasteiger partial charge in [0.25, 0.3) is 0 Å². The molecule has 0 saturated carbocycles. The van der Waals surface area contributed by atoms with E-state index in [9.17, 15) is 9.59 Å². The van der Waals surface area contributed by atoms with Gasteiger partial charge in [0.1, 0.15) is 13.3 Å². The van der Waals surface area contributed by atoms with E-state index in [4.69, 9.17) is 9.47 Å². The molecule has 1 heterocycles. The Morgan fingerprint density at radius 3 is 2.50 bits per heavy atom. The van der Waals surface area contributed by atoms with Crippen LogP contribution in [-0.4, -0.2) is 63.5 Å². The van der Waals surface area contributed by atoms with Crippen LogP contribution in [-0.2, 0) is 27.5 Å². The van der Waals surface area contributed by atoms with Gasteiger partial charge in [0.2, 0.25) is 0 Å². The molecule has 0 unspecified atom stereocenters. The fourth-order valence-corrected chi connectivity index (χ4v) is 1.89. The molecule has 1 aromatic rings. The first kappa shape index (κ1) is 16.7. The average Bonchev–Trinajstić information content (AvgIpc) is 2.66. The first-order chi connectivity index (χ1) is 9.33. The summed E-state index contributed by atoms with van der Waals surface area (Å²) in [7, 11) is -0.621. The molecule has 0 spiro atoms. The van der Waals surface area contributed by atoms with Crippen LogP contribution in [0.1, 0.15) is 6.92 Å². The highest BCUT2D eigenvalue weighted by Gasteiger charge is 2.11. The van der Waals surface area contributed by atoms with Gasteiger partial charge in [0.15, 0.2) is 0 Å². The molecule has 0 fully saturated rings. The van der Waals surface area contributed by atoms with Crippen molar-refractivity contribution in [2.45, 2.75) is 20.2 Å². The van der Waals surface area contributed by atoms with Crippen molar-refractivity contribution in [1.82, 2.24) is 19.8 Å². The number of carbonyl (C=O) groups excluding carboxylic acids is 1. The zero-order valence-corrected chi connectivity index (χ0v) is 13.2. The van der Waals surface area contributed by atoms with Gasteiger partial charge in [-0.25, -0.2) is 14.8 Å². The highest BCUT2D eigenvalue weighted by Crippen LogP contribution is 2.33. The van der Waals surface area contributed by atoms with Gasteiger partial charge in [0, 0.05) is 5.75 Å². The molecule has 0 aliphatic carbocycles. The van der Waals surface area contributed by atoms with Gasteiger partial charge >= 0.3 is 11.7 Å². The van der Waals surface area contributed by atoms with E-state index >= 15 is 0 Å². The second kappa shape index (κ2) is 7.44. The van der Waals surface area contributed by atoms with E-state index in [0.717, 1.165) is 15.1 Å². The van der Waals surface area contributed by atoms with E-state index in [0.29, 0.717) is 6.61 Å². The Hall–Kier alpha value is -1.35. The van der Waals surface area contributed by atoms with Crippen LogP contribution in [0.25, 0.3) is 0 Å². The quantitative estimate of drug-likeness (QED) is 0.483. The minimum atomic E-state index is -0.621. The number of carbonyl (C=O) groups is 1. The zero-order valence-electron chi connectivity index (χ0n) is 12.4. The summed E-state index contributed by atoms with van der Waals surface area (Å²) in [6.07, 6.45) is 6.58. The van der Waals surface area contributed by atoms with E-state index in [1.165, 1.54) is 0 Å². The van der Waals surface area contributed by atoms with Crippen LogP contribution < -0.4 is 5.69 Å². The molecule has 0 aliphatic rings. The molecule has 0 N–H and O–H groups in total. The van der Waals surface area contributed by atoms with E-state index in [1.54, 1.807) is 6.92 Å². The maximum Gasteiger partial charge on any atom is 0.366 e. The normalized spacial score (nSPS) is 12.4. The van der Waals surface area contributed by atoms with Crippen molar-refractivity contribution in [2.24, 2.45) is 0 Å². The predicted molar refractivity (Wildman–Crippen MR) is 77.1 cm³/mol. The van der Waals surface area contributed by atoms with Crippen LogP contribution in [0.4, 0.5) is 0 Å². The summed E-state index contributed by atoms with van der Waals surface area (Å²) in [6, 6.07) is 0. The minimum Gasteiger partial charge on any atom is -0.465 e. The van der Waals surface area contributed by atoms with Crippen molar-refractivity contribution in [1.29, 1.82) is 0 Å². The van der Waals surface area contributed by atoms with Crippen molar-refractivity contribution in [3.63, 3.8) is 0 Å². The number of rotatable bonds is 8. The van der Waals surface area contributed by atoms with E-state index in [1.807, 2.05) is 0 Å². The van der Waals surface area contributed by atoms with E-state index in [-0.39, 0.29) is 19.9 Å². The molecule has 1 aromatic heterocycles. The monoisotopic (exact) mass is 306 g/mol. The summed E-state index contributed by atoms with van der Waals surface area (Å²) in [4.78, 5) is 23.1. The van der Waals surface area contributed by atoms with Crippen LogP contribution in [0, 0.1) is 0 Å². The van der Waals surface area contributed by atoms with Gasteiger partial charge in [-0.3, -0.25) is 4.79 Å². The van der Waals surface area contributed by atoms with Crippen molar-refractivity contribution in [3.8, 4) is 0 Å². The molecule has 20 heavy (non-hydrogen) atoms. The molecule has 0 bridgehead atoms. The Kier molecular flexibility index (Phi) is 6.21. The lowest BCUT2D eigenvalue weighted by atomic mass is 10.6. The number of hydrogen-bond donors (Lipinski definition) is 0. The second-order valence-corrected chi connectivity index (χ2v) is 9.65. The molecule has 0 atom stereocenters. The lowest BCUT2D eigenvalue weighted by Gasteiger charge is -2.24. The Morgan fingerprint density at radius 1 is 1.25 bits per heavy atom. The third kappa shape index (κ3) is 5.74. The highest BCUT2D eigenvalue weighted by atomic mass is 32.3. The van der Waals surface area contributed by atoms with Crippen molar-refractivity contribution >= 4 is 16.0 Å². The first-order valence-corrected chi connectivity index (χ1v) is 9.26. The lowest BCUT2D eigenvalue weighted by molar-refractivity contribution is -0.144. The highest BCUT2D eigenvalue weighted by molar-refractivity contribution is 8.32. The number of ether oxygens (including phenoxy) is 2. The molecule has 8 nitrogen and oxygen atoms in total. The molecular formula is C11H22N4O4S. The predicted octanol–water partition coefficient (Wildman–Crippen LogP) is -0.329. The fraction of sp³-hybridized carbons (Fsp3) is 0.818. The second-order valence-electron chi connectivity index (χ2n) is 5.06. The summed E-state index contributed by atoms with van der Waals surface area (Å²) >= 11 is 0. The fourth-order valence-electron chi connectivity index (χ4n) is 1.28. The Balaban J connectivity index is 2.47. The van der Waals surface area contributed by atoms with Crippen molar-refractivity contribution in [3.05, 3.63) is 10.5 Å². The summed E-state index contributed by atoms with van der Waals surface area (Å²) in [5, 5.41) is 7.26. The standard InChI is InChI=1S/C11H22N4O4S/c1-5-19-10(16)8-14-11(17)15(13-12-14)9-18-6-7-20(2,3)4/h5-9H2,1-4H3. The van der Waals surface area contributed by atoms with Crippen LogP contribution in [0.15, 0.2) is 4.79 Å². The Morgan fingerprint density at radius 2 is 1.90 bits per heavy atom. The summed E-state index contributed by atoms with van der Waals surface area (Å²) in [5.41, 5.74) is -0.485. The molecule has 116 valence electrons. The smallest absolute Gasteiger partial charge is 0.366 e.